The van der Waals surface area contributed by atoms with Crippen molar-refractivity contribution in [2.45, 2.75) is 12.8 Å². The molecule has 0 bridgehead atoms. The van der Waals surface area contributed by atoms with E-state index in [1.165, 1.54) is 0 Å². The minimum absolute atomic E-state index is 0.0666. The van der Waals surface area contributed by atoms with Crippen LogP contribution in [0.5, 0.6) is 0 Å². The Morgan fingerprint density at radius 3 is 2.86 bits per heavy atom. The number of rotatable bonds is 3. The zero-order valence-electron chi connectivity index (χ0n) is 12.2. The molecular weight excluding hydrogens is 278 g/mol. The average Bonchev–Trinajstić information content (AvgIpc) is 3.28. The number of amides is 1. The largest absolute Gasteiger partial charge is 0.310 e. The molecular formula is C16H15N5O. The predicted octanol–water partition coefficient (Wildman–Crippen LogP) is 2.38. The summed E-state index contributed by atoms with van der Waals surface area (Å²) >= 11 is 0. The van der Waals surface area contributed by atoms with Gasteiger partial charge in [-0.2, -0.15) is 0 Å². The van der Waals surface area contributed by atoms with E-state index in [0.29, 0.717) is 5.82 Å². The van der Waals surface area contributed by atoms with Crippen LogP contribution in [0, 0.1) is 5.92 Å². The fourth-order valence-electron chi connectivity index (χ4n) is 2.42. The first kappa shape index (κ1) is 12.9. The smallest absolute Gasteiger partial charge is 0.228 e. The van der Waals surface area contributed by atoms with Crippen molar-refractivity contribution < 1.29 is 4.79 Å². The molecule has 3 aromatic rings. The minimum atomic E-state index is 0.0666. The lowest BCUT2D eigenvalue weighted by atomic mass is 10.1. The number of aromatic nitrogens is 4. The summed E-state index contributed by atoms with van der Waals surface area (Å²) in [5, 5.41) is 13.0. The van der Waals surface area contributed by atoms with Gasteiger partial charge in [0.05, 0.1) is 6.20 Å². The van der Waals surface area contributed by atoms with Gasteiger partial charge in [0.2, 0.25) is 5.91 Å². The molecule has 1 amide bonds. The maximum atomic E-state index is 11.8. The highest BCUT2D eigenvalue weighted by atomic mass is 16.2. The molecule has 2 aromatic heterocycles. The SMILES string of the molecule is Cn1cc(-c2ccc3cnc(NC(=O)C4CC4)cc3c2)nn1. The number of pyridine rings is 1. The van der Waals surface area contributed by atoms with E-state index in [9.17, 15) is 4.79 Å². The summed E-state index contributed by atoms with van der Waals surface area (Å²) in [5.41, 5.74) is 1.82. The van der Waals surface area contributed by atoms with Crippen molar-refractivity contribution in [2.75, 3.05) is 5.32 Å². The fourth-order valence-corrected chi connectivity index (χ4v) is 2.42. The molecule has 1 N–H and O–H groups in total. The van der Waals surface area contributed by atoms with E-state index in [2.05, 4.69) is 20.6 Å². The molecule has 1 fully saturated rings. The summed E-state index contributed by atoms with van der Waals surface area (Å²) in [6.45, 7) is 0. The molecule has 22 heavy (non-hydrogen) atoms. The number of benzene rings is 1. The first-order chi connectivity index (χ1) is 10.7. The van der Waals surface area contributed by atoms with Crippen LogP contribution >= 0.6 is 0 Å². The second-order valence-electron chi connectivity index (χ2n) is 5.67. The van der Waals surface area contributed by atoms with Crippen LogP contribution in [0.4, 0.5) is 5.82 Å². The molecule has 6 nitrogen and oxygen atoms in total. The number of fused-ring (bicyclic) bond motifs is 1. The number of aryl methyl sites for hydroxylation is 1. The number of carbonyl (C=O) groups excluding carboxylic acids is 1. The van der Waals surface area contributed by atoms with Crippen molar-refractivity contribution in [3.63, 3.8) is 0 Å². The molecule has 0 spiro atoms. The Bertz CT molecular complexity index is 866. The normalized spacial score (nSPS) is 14.2. The van der Waals surface area contributed by atoms with E-state index >= 15 is 0 Å². The highest BCUT2D eigenvalue weighted by Crippen LogP contribution is 2.30. The van der Waals surface area contributed by atoms with Gasteiger partial charge in [0.1, 0.15) is 11.5 Å². The third kappa shape index (κ3) is 2.43. The van der Waals surface area contributed by atoms with Crippen LogP contribution in [-0.2, 0) is 11.8 Å². The Labute approximate surface area is 127 Å². The maximum absolute atomic E-state index is 11.8. The van der Waals surface area contributed by atoms with E-state index in [1.807, 2.05) is 37.5 Å². The molecule has 0 atom stereocenters. The van der Waals surface area contributed by atoms with Crippen molar-refractivity contribution in [3.05, 3.63) is 36.7 Å². The number of anilines is 1. The molecule has 0 radical (unpaired) electrons. The maximum Gasteiger partial charge on any atom is 0.228 e. The topological polar surface area (TPSA) is 72.7 Å². The number of nitrogens with one attached hydrogen (secondary N) is 1. The molecule has 0 saturated heterocycles. The second-order valence-corrected chi connectivity index (χ2v) is 5.67. The lowest BCUT2D eigenvalue weighted by molar-refractivity contribution is -0.117. The number of hydrogen-bond donors (Lipinski definition) is 1. The lowest BCUT2D eigenvalue weighted by Crippen LogP contribution is -2.14. The standard InChI is InChI=1S/C16H15N5O/c1-21-9-14(19-20-21)11-4-5-12-8-17-15(7-13(12)6-11)18-16(22)10-2-3-10/h4-10H,2-3H2,1H3,(H,17,18,22). The lowest BCUT2D eigenvalue weighted by Gasteiger charge is -2.06. The molecule has 110 valence electrons. The second kappa shape index (κ2) is 4.91. The fraction of sp³-hybridized carbons (Fsp3) is 0.250. The average molecular weight is 293 g/mol. The van der Waals surface area contributed by atoms with Crippen LogP contribution in [0.3, 0.4) is 0 Å². The quantitative estimate of drug-likeness (QED) is 0.804. The van der Waals surface area contributed by atoms with Crippen LogP contribution in [0.2, 0.25) is 0 Å². The molecule has 0 aliphatic heterocycles. The minimum Gasteiger partial charge on any atom is -0.310 e. The predicted molar refractivity (Wildman–Crippen MR) is 83.1 cm³/mol. The summed E-state index contributed by atoms with van der Waals surface area (Å²) in [4.78, 5) is 16.1. The van der Waals surface area contributed by atoms with Gasteiger partial charge >= 0.3 is 0 Å². The monoisotopic (exact) mass is 293 g/mol. The van der Waals surface area contributed by atoms with Gasteiger partial charge in [-0.05, 0) is 30.4 Å². The number of nitrogens with zero attached hydrogens (tertiary/aromatic N) is 4. The summed E-state index contributed by atoms with van der Waals surface area (Å²) in [6, 6.07) is 7.93. The van der Waals surface area contributed by atoms with Gasteiger partial charge in [-0.15, -0.1) is 5.10 Å². The molecule has 4 rings (SSSR count). The van der Waals surface area contributed by atoms with Gasteiger partial charge in [0, 0.05) is 30.1 Å². The van der Waals surface area contributed by atoms with E-state index in [4.69, 9.17) is 0 Å². The summed E-state index contributed by atoms with van der Waals surface area (Å²) in [7, 11) is 1.84. The first-order valence-electron chi connectivity index (χ1n) is 7.26. The zero-order valence-corrected chi connectivity index (χ0v) is 12.2. The third-order valence-electron chi connectivity index (χ3n) is 3.82. The Kier molecular flexibility index (Phi) is 2.89. The van der Waals surface area contributed by atoms with Crippen molar-refractivity contribution >= 4 is 22.5 Å². The third-order valence-corrected chi connectivity index (χ3v) is 3.82. The van der Waals surface area contributed by atoms with Gasteiger partial charge in [0.15, 0.2) is 0 Å². The van der Waals surface area contributed by atoms with Gasteiger partial charge in [-0.3, -0.25) is 9.48 Å². The number of hydrogen-bond acceptors (Lipinski definition) is 4. The van der Waals surface area contributed by atoms with Crippen LogP contribution in [-0.4, -0.2) is 25.9 Å². The molecule has 0 unspecified atom stereocenters. The van der Waals surface area contributed by atoms with Crippen LogP contribution in [0.25, 0.3) is 22.0 Å². The summed E-state index contributed by atoms with van der Waals surface area (Å²) < 4.78 is 1.67. The highest BCUT2D eigenvalue weighted by molar-refractivity contribution is 5.95. The summed E-state index contributed by atoms with van der Waals surface area (Å²) in [6.07, 6.45) is 5.61. The van der Waals surface area contributed by atoms with Crippen LogP contribution < -0.4 is 5.32 Å². The molecule has 1 saturated carbocycles. The van der Waals surface area contributed by atoms with E-state index in [0.717, 1.165) is 34.9 Å². The highest BCUT2D eigenvalue weighted by Gasteiger charge is 2.29. The van der Waals surface area contributed by atoms with E-state index < -0.39 is 0 Å². The zero-order chi connectivity index (χ0) is 15.1. The van der Waals surface area contributed by atoms with Crippen LogP contribution in [0.15, 0.2) is 36.7 Å². The number of carbonyl (C=O) groups is 1. The molecule has 1 aromatic carbocycles. The van der Waals surface area contributed by atoms with Crippen molar-refractivity contribution in [3.8, 4) is 11.3 Å². The van der Waals surface area contributed by atoms with Gasteiger partial charge in [-0.25, -0.2) is 4.98 Å². The first-order valence-corrected chi connectivity index (χ1v) is 7.26. The van der Waals surface area contributed by atoms with Crippen molar-refractivity contribution in [1.82, 2.24) is 20.0 Å². The Hall–Kier alpha value is -2.76. The Morgan fingerprint density at radius 1 is 1.27 bits per heavy atom. The Morgan fingerprint density at radius 2 is 2.14 bits per heavy atom. The molecule has 1 aliphatic carbocycles. The summed E-state index contributed by atoms with van der Waals surface area (Å²) in [5.74, 6) is 0.834. The van der Waals surface area contributed by atoms with Crippen molar-refractivity contribution in [1.29, 1.82) is 0 Å². The van der Waals surface area contributed by atoms with E-state index in [1.54, 1.807) is 10.9 Å². The van der Waals surface area contributed by atoms with Gasteiger partial charge in [0.25, 0.3) is 0 Å². The molecule has 2 heterocycles. The van der Waals surface area contributed by atoms with Crippen LogP contribution in [0.1, 0.15) is 12.8 Å². The molecule has 6 heteroatoms. The molecule has 1 aliphatic rings. The van der Waals surface area contributed by atoms with Gasteiger partial charge in [-0.1, -0.05) is 17.3 Å². The van der Waals surface area contributed by atoms with Crippen molar-refractivity contribution in [2.24, 2.45) is 13.0 Å². The van der Waals surface area contributed by atoms with E-state index in [-0.39, 0.29) is 11.8 Å². The van der Waals surface area contributed by atoms with Gasteiger partial charge < -0.3 is 5.32 Å². The Balaban J connectivity index is 1.69.